The van der Waals surface area contributed by atoms with Crippen LogP contribution in [-0.2, 0) is 17.1 Å². The molecule has 1 unspecified atom stereocenters. The fraction of sp³-hybridized carbons (Fsp3) is 0.158. The number of benzene rings is 2. The van der Waals surface area contributed by atoms with Crippen molar-refractivity contribution in [3.63, 3.8) is 0 Å². The van der Waals surface area contributed by atoms with Gasteiger partial charge in [-0.3, -0.25) is 9.10 Å². The van der Waals surface area contributed by atoms with Crippen LogP contribution in [0.15, 0.2) is 70.7 Å². The topological polar surface area (TPSA) is 72.3 Å². The number of imidazole rings is 1. The van der Waals surface area contributed by atoms with Crippen LogP contribution in [0.5, 0.6) is 0 Å². The van der Waals surface area contributed by atoms with Gasteiger partial charge >= 0.3 is 0 Å². The molecule has 0 amide bonds. The second-order valence-electron chi connectivity index (χ2n) is 6.21. The number of hydrogen-bond donors (Lipinski definition) is 0. The van der Waals surface area contributed by atoms with Gasteiger partial charge in [-0.15, -0.1) is 0 Å². The molecule has 27 heavy (non-hydrogen) atoms. The van der Waals surface area contributed by atoms with Crippen LogP contribution in [-0.4, -0.2) is 30.8 Å². The van der Waals surface area contributed by atoms with Crippen LogP contribution in [0.1, 0.15) is 21.3 Å². The van der Waals surface area contributed by atoms with E-state index in [4.69, 9.17) is 0 Å². The van der Waals surface area contributed by atoms with Gasteiger partial charge in [-0.25, -0.2) is 13.4 Å². The zero-order valence-electron chi connectivity index (χ0n) is 14.7. The zero-order valence-corrected chi connectivity index (χ0v) is 16.4. The number of rotatable bonds is 3. The molecular weight excluding hydrogens is 382 g/mol. The number of fused-ring (bicyclic) bond motifs is 1. The first-order valence-electron chi connectivity index (χ1n) is 8.28. The van der Waals surface area contributed by atoms with Gasteiger partial charge in [-0.05, 0) is 17.7 Å². The van der Waals surface area contributed by atoms with Gasteiger partial charge in [0.15, 0.2) is 16.2 Å². The van der Waals surface area contributed by atoms with Crippen molar-refractivity contribution in [1.29, 1.82) is 0 Å². The zero-order chi connectivity index (χ0) is 19.2. The van der Waals surface area contributed by atoms with Gasteiger partial charge in [-0.2, -0.15) is 0 Å². The summed E-state index contributed by atoms with van der Waals surface area (Å²) in [6, 6.07) is 18.2. The van der Waals surface area contributed by atoms with Crippen LogP contribution in [0, 0.1) is 0 Å². The fourth-order valence-electron chi connectivity index (χ4n) is 3.13. The minimum atomic E-state index is -3.90. The van der Waals surface area contributed by atoms with Crippen molar-refractivity contribution in [2.75, 3.05) is 11.4 Å². The molecule has 0 saturated carbocycles. The third-order valence-corrected chi connectivity index (χ3v) is 7.61. The van der Waals surface area contributed by atoms with E-state index in [2.05, 4.69) is 4.98 Å². The summed E-state index contributed by atoms with van der Waals surface area (Å²) < 4.78 is 28.8. The maximum Gasteiger partial charge on any atom is 0.250 e. The molecule has 8 heteroatoms. The molecule has 1 atom stereocenters. The molecule has 3 aromatic rings. The van der Waals surface area contributed by atoms with Gasteiger partial charge in [-0.1, -0.05) is 60.3 Å². The summed E-state index contributed by atoms with van der Waals surface area (Å²) in [6.45, 7) is 0. The Hall–Kier alpha value is -2.58. The largest absolute Gasteiger partial charge is 0.317 e. The average Bonchev–Trinajstić information content (AvgIpc) is 2.98. The van der Waals surface area contributed by atoms with Crippen molar-refractivity contribution in [3.8, 4) is 0 Å². The first kappa shape index (κ1) is 17.8. The van der Waals surface area contributed by atoms with Crippen molar-refractivity contribution < 1.29 is 13.2 Å². The predicted octanol–water partition coefficient (Wildman–Crippen LogP) is 3.27. The van der Waals surface area contributed by atoms with Gasteiger partial charge in [0.05, 0.1) is 0 Å². The lowest BCUT2D eigenvalue weighted by Crippen LogP contribution is -2.41. The molecular formula is C19H17N3O3S2. The molecule has 138 valence electrons. The summed E-state index contributed by atoms with van der Waals surface area (Å²) in [7, 11) is -0.712. The Morgan fingerprint density at radius 2 is 1.56 bits per heavy atom. The fourth-order valence-corrected chi connectivity index (χ4v) is 5.57. The number of nitrogens with zero attached hydrogens (tertiary/aromatic N) is 3. The molecule has 0 fully saturated rings. The lowest BCUT2D eigenvalue weighted by molar-refractivity contribution is 0.0977. The Morgan fingerprint density at radius 3 is 2.19 bits per heavy atom. The van der Waals surface area contributed by atoms with E-state index in [0.717, 1.165) is 9.20 Å². The van der Waals surface area contributed by atoms with E-state index in [1.807, 2.05) is 30.3 Å². The van der Waals surface area contributed by atoms with Gasteiger partial charge in [0, 0.05) is 19.0 Å². The van der Waals surface area contributed by atoms with E-state index in [1.165, 1.54) is 18.8 Å². The van der Waals surface area contributed by atoms with Crippen LogP contribution in [0.2, 0.25) is 0 Å². The highest BCUT2D eigenvalue weighted by Gasteiger charge is 2.47. The standard InChI is InChI=1S/C19H17N3O3S2/c1-21-15-16(23)17(13-9-5-3-6-10-13)27(24,25)22(2)18(15)20-19(21)26-14-11-7-4-8-12-14/h3-12,17H,1-2H3. The second-order valence-corrected chi connectivity index (χ2v) is 9.30. The van der Waals surface area contributed by atoms with Crippen LogP contribution in [0.3, 0.4) is 0 Å². The lowest BCUT2D eigenvalue weighted by Gasteiger charge is -2.29. The molecule has 4 rings (SSSR count). The third-order valence-electron chi connectivity index (χ3n) is 4.54. The first-order valence-corrected chi connectivity index (χ1v) is 10.6. The number of hydrogen-bond acceptors (Lipinski definition) is 5. The molecule has 1 aliphatic heterocycles. The Labute approximate surface area is 161 Å². The number of aromatic nitrogens is 2. The molecule has 6 nitrogen and oxygen atoms in total. The lowest BCUT2D eigenvalue weighted by atomic mass is 10.1. The van der Waals surface area contributed by atoms with Gasteiger partial charge in [0.2, 0.25) is 5.78 Å². The number of anilines is 1. The number of sulfonamides is 1. The van der Waals surface area contributed by atoms with E-state index >= 15 is 0 Å². The minimum absolute atomic E-state index is 0.174. The highest BCUT2D eigenvalue weighted by molar-refractivity contribution is 7.99. The smallest absolute Gasteiger partial charge is 0.250 e. The van der Waals surface area contributed by atoms with Gasteiger partial charge in [0.1, 0.15) is 5.69 Å². The number of ketones is 1. The molecule has 1 aromatic heterocycles. The molecule has 0 saturated heterocycles. The maximum absolute atomic E-state index is 13.2. The summed E-state index contributed by atoms with van der Waals surface area (Å²) in [5, 5.41) is -0.698. The Bertz CT molecular complexity index is 1110. The van der Waals surface area contributed by atoms with Crippen molar-refractivity contribution in [3.05, 3.63) is 71.9 Å². The van der Waals surface area contributed by atoms with Crippen LogP contribution >= 0.6 is 11.8 Å². The van der Waals surface area contributed by atoms with Crippen LogP contribution < -0.4 is 4.31 Å². The van der Waals surface area contributed by atoms with Gasteiger partial charge < -0.3 is 4.57 Å². The highest BCUT2D eigenvalue weighted by atomic mass is 32.2. The molecule has 2 aromatic carbocycles. The quantitative estimate of drug-likeness (QED) is 0.676. The van der Waals surface area contributed by atoms with Crippen LogP contribution in [0.25, 0.3) is 0 Å². The van der Waals surface area contributed by atoms with E-state index in [-0.39, 0.29) is 5.82 Å². The SMILES string of the molecule is CN1c2nc(Sc3ccccc3)n(C)c2C(=O)C(c2ccccc2)S1(=O)=O. The molecule has 0 radical (unpaired) electrons. The second kappa shape index (κ2) is 6.54. The monoisotopic (exact) mass is 399 g/mol. The summed E-state index contributed by atoms with van der Waals surface area (Å²) in [5.74, 6) is -0.280. The van der Waals surface area contributed by atoms with Crippen molar-refractivity contribution in [2.24, 2.45) is 7.05 Å². The van der Waals surface area contributed by atoms with Crippen molar-refractivity contribution >= 4 is 33.4 Å². The highest BCUT2D eigenvalue weighted by Crippen LogP contribution is 2.41. The Balaban J connectivity index is 1.84. The van der Waals surface area contributed by atoms with Gasteiger partial charge in [0.25, 0.3) is 10.0 Å². The normalized spacial score (nSPS) is 18.4. The van der Waals surface area contributed by atoms with E-state index in [1.54, 1.807) is 41.9 Å². The number of Topliss-reactive ketones (excluding diaryl/α,β-unsaturated/α-hetero) is 1. The number of carbonyl (C=O) groups excluding carboxylic acids is 1. The summed E-state index contributed by atoms with van der Waals surface area (Å²) in [5.41, 5.74) is 0.762. The Morgan fingerprint density at radius 1 is 0.963 bits per heavy atom. The molecule has 0 aliphatic carbocycles. The van der Waals surface area contributed by atoms with E-state index in [0.29, 0.717) is 16.4 Å². The average molecular weight is 399 g/mol. The molecule has 0 spiro atoms. The van der Waals surface area contributed by atoms with E-state index < -0.39 is 21.1 Å². The first-order chi connectivity index (χ1) is 12.9. The maximum atomic E-state index is 13.2. The third kappa shape index (κ3) is 2.85. The molecule has 0 N–H and O–H groups in total. The molecule has 1 aliphatic rings. The molecule has 2 heterocycles. The van der Waals surface area contributed by atoms with E-state index in [9.17, 15) is 13.2 Å². The van der Waals surface area contributed by atoms with Crippen molar-refractivity contribution in [2.45, 2.75) is 15.3 Å². The van der Waals surface area contributed by atoms with Crippen molar-refractivity contribution in [1.82, 2.24) is 9.55 Å². The minimum Gasteiger partial charge on any atom is -0.317 e. The predicted molar refractivity (Wildman–Crippen MR) is 105 cm³/mol. The Kier molecular flexibility index (Phi) is 4.32. The number of carbonyl (C=O) groups is 1. The molecule has 0 bridgehead atoms. The van der Waals surface area contributed by atoms with Crippen LogP contribution in [0.4, 0.5) is 5.82 Å². The summed E-state index contributed by atoms with van der Waals surface area (Å²) >= 11 is 1.39. The summed E-state index contributed by atoms with van der Waals surface area (Å²) in [6.07, 6.45) is 0. The summed E-state index contributed by atoms with van der Waals surface area (Å²) in [4.78, 5) is 18.6.